The van der Waals surface area contributed by atoms with Gasteiger partial charge in [-0.05, 0) is 67.2 Å². The van der Waals surface area contributed by atoms with Crippen LogP contribution in [0.5, 0.6) is 5.75 Å². The van der Waals surface area contributed by atoms with Crippen LogP contribution < -0.4 is 10.5 Å². The Balaban J connectivity index is 0.00000253. The number of piperazine rings is 1. The highest BCUT2D eigenvalue weighted by atomic mass is 35.5. The first-order chi connectivity index (χ1) is 19.5. The third kappa shape index (κ3) is 8.61. The van der Waals surface area contributed by atoms with Crippen molar-refractivity contribution in [3.8, 4) is 17.2 Å². The molecule has 1 saturated heterocycles. The predicted octanol–water partition coefficient (Wildman–Crippen LogP) is 6.03. The Hall–Kier alpha value is -3.35. The van der Waals surface area contributed by atoms with E-state index < -0.39 is 23.5 Å². The molecule has 230 valence electrons. The molecule has 43 heavy (non-hydrogen) atoms. The highest BCUT2D eigenvalue weighted by molar-refractivity contribution is 6.30. The van der Waals surface area contributed by atoms with Crippen LogP contribution >= 0.6 is 36.4 Å². The summed E-state index contributed by atoms with van der Waals surface area (Å²) in [5.74, 6) is -1.40. The van der Waals surface area contributed by atoms with Crippen LogP contribution in [0.1, 0.15) is 27.0 Å². The summed E-state index contributed by atoms with van der Waals surface area (Å²) in [7, 11) is 2.11. The van der Waals surface area contributed by atoms with E-state index >= 15 is 0 Å². The van der Waals surface area contributed by atoms with E-state index in [4.69, 9.17) is 20.8 Å². The van der Waals surface area contributed by atoms with Crippen molar-refractivity contribution in [2.75, 3.05) is 33.2 Å². The van der Waals surface area contributed by atoms with Crippen LogP contribution in [-0.4, -0.2) is 58.8 Å². The number of hydrogen-bond acceptors (Lipinski definition) is 7. The Morgan fingerprint density at radius 3 is 2.23 bits per heavy atom. The summed E-state index contributed by atoms with van der Waals surface area (Å²) in [4.78, 5) is 30.1. The largest absolute Gasteiger partial charge is 0.437 e. The van der Waals surface area contributed by atoms with Gasteiger partial charge in [-0.15, -0.1) is 29.9 Å². The Bertz CT molecular complexity index is 1580. The van der Waals surface area contributed by atoms with Gasteiger partial charge in [-0.2, -0.15) is 17.9 Å². The minimum Gasteiger partial charge on any atom is -0.423 e. The molecular formula is C29H28Cl3F3N4O4. The van der Waals surface area contributed by atoms with Gasteiger partial charge in [-0.25, -0.2) is 9.59 Å². The van der Waals surface area contributed by atoms with Crippen LogP contribution in [0.4, 0.5) is 13.2 Å². The van der Waals surface area contributed by atoms with E-state index in [-0.39, 0.29) is 48.6 Å². The summed E-state index contributed by atoms with van der Waals surface area (Å²) in [6.07, 6.45) is -4.49. The zero-order valence-electron chi connectivity index (χ0n) is 22.8. The lowest BCUT2D eigenvalue weighted by Gasteiger charge is -2.32. The van der Waals surface area contributed by atoms with Crippen molar-refractivity contribution >= 4 is 42.4 Å². The molecule has 0 N–H and O–H groups in total. The zero-order chi connectivity index (χ0) is 29.1. The molecule has 0 spiro atoms. The zero-order valence-corrected chi connectivity index (χ0v) is 25.2. The Morgan fingerprint density at radius 2 is 1.60 bits per heavy atom. The molecule has 0 atom stereocenters. The maximum atomic E-state index is 12.9. The molecule has 4 aromatic rings. The third-order valence-corrected chi connectivity index (χ3v) is 7.04. The molecule has 0 amide bonds. The predicted molar refractivity (Wildman–Crippen MR) is 160 cm³/mol. The van der Waals surface area contributed by atoms with Crippen molar-refractivity contribution < 1.29 is 27.1 Å². The van der Waals surface area contributed by atoms with Gasteiger partial charge in [0, 0.05) is 48.9 Å². The second-order valence-electron chi connectivity index (χ2n) is 9.82. The van der Waals surface area contributed by atoms with Gasteiger partial charge in [-0.3, -0.25) is 4.90 Å². The highest BCUT2D eigenvalue weighted by Crippen LogP contribution is 2.31. The SMILES string of the molecule is CN1CCN(Cc2ccc(C(=O)Oc3ccc(Cl)cc3Cn3nc(-c4ccc(C(F)(F)F)cc4)oc3=O)cc2)CC1.Cl.Cl. The maximum Gasteiger partial charge on any atom is 0.437 e. The highest BCUT2D eigenvalue weighted by Gasteiger charge is 2.30. The minimum absolute atomic E-state index is 0. The molecule has 0 unspecified atom stereocenters. The second-order valence-corrected chi connectivity index (χ2v) is 10.3. The van der Waals surface area contributed by atoms with E-state index in [1.807, 2.05) is 12.1 Å². The number of carbonyl (C=O) groups is 1. The molecule has 1 aliphatic rings. The lowest BCUT2D eigenvalue weighted by atomic mass is 10.1. The first kappa shape index (κ1) is 34.1. The van der Waals surface area contributed by atoms with Crippen molar-refractivity contribution in [2.24, 2.45) is 0 Å². The van der Waals surface area contributed by atoms with Gasteiger partial charge in [0.15, 0.2) is 0 Å². The fourth-order valence-electron chi connectivity index (χ4n) is 4.43. The van der Waals surface area contributed by atoms with Crippen molar-refractivity contribution in [3.05, 3.63) is 105 Å². The van der Waals surface area contributed by atoms with Crippen molar-refractivity contribution in [1.82, 2.24) is 19.6 Å². The molecule has 1 aliphatic heterocycles. The fraction of sp³-hybridized carbons (Fsp3) is 0.276. The van der Waals surface area contributed by atoms with Gasteiger partial charge in [-0.1, -0.05) is 23.7 Å². The molecule has 1 aromatic heterocycles. The van der Waals surface area contributed by atoms with Gasteiger partial charge < -0.3 is 14.1 Å². The molecule has 0 radical (unpaired) electrons. The van der Waals surface area contributed by atoms with Crippen LogP contribution in [-0.2, 0) is 19.3 Å². The number of nitrogens with zero attached hydrogens (tertiary/aromatic N) is 4. The molecule has 0 bridgehead atoms. The van der Waals surface area contributed by atoms with E-state index in [2.05, 4.69) is 21.9 Å². The lowest BCUT2D eigenvalue weighted by Crippen LogP contribution is -2.43. The summed E-state index contributed by atoms with van der Waals surface area (Å²) >= 11 is 6.16. The fourth-order valence-corrected chi connectivity index (χ4v) is 4.62. The molecule has 8 nitrogen and oxygen atoms in total. The van der Waals surface area contributed by atoms with Gasteiger partial charge in [0.05, 0.1) is 17.7 Å². The van der Waals surface area contributed by atoms with Crippen LogP contribution in [0.2, 0.25) is 5.02 Å². The van der Waals surface area contributed by atoms with Crippen molar-refractivity contribution in [1.29, 1.82) is 0 Å². The first-order valence-electron chi connectivity index (χ1n) is 12.8. The Kier molecular flexibility index (Phi) is 11.4. The van der Waals surface area contributed by atoms with Crippen LogP contribution in [0.15, 0.2) is 75.9 Å². The summed E-state index contributed by atoms with van der Waals surface area (Å²) < 4.78 is 50.4. The van der Waals surface area contributed by atoms with Gasteiger partial charge in [0.25, 0.3) is 0 Å². The summed E-state index contributed by atoms with van der Waals surface area (Å²) in [5.41, 5.74) is 1.19. The minimum atomic E-state index is -4.49. The Labute approximate surface area is 262 Å². The van der Waals surface area contributed by atoms with Crippen LogP contribution in [0.3, 0.4) is 0 Å². The standard InChI is InChI=1S/C29H26ClF3N4O4.2ClH/c1-35-12-14-36(15-13-35)17-19-2-4-21(5-3-19)27(38)40-25-11-10-24(30)16-22(25)18-37-28(39)41-26(34-37)20-6-8-23(9-7-20)29(31,32)33;;/h2-11,16H,12-15,17-18H2,1H3;2*1H. The molecular weight excluding hydrogens is 632 g/mol. The van der Waals surface area contributed by atoms with Crippen molar-refractivity contribution in [2.45, 2.75) is 19.3 Å². The molecule has 0 aliphatic carbocycles. The molecule has 1 fully saturated rings. The number of ether oxygens (including phenoxy) is 1. The smallest absolute Gasteiger partial charge is 0.423 e. The quantitative estimate of drug-likeness (QED) is 0.177. The number of likely N-dealkylation sites (N-methyl/N-ethyl adjacent to an activating group) is 1. The van der Waals surface area contributed by atoms with Crippen LogP contribution in [0.25, 0.3) is 11.5 Å². The number of alkyl halides is 3. The van der Waals surface area contributed by atoms with Gasteiger partial charge >= 0.3 is 17.9 Å². The van der Waals surface area contributed by atoms with E-state index in [9.17, 15) is 22.8 Å². The number of aromatic nitrogens is 2. The monoisotopic (exact) mass is 658 g/mol. The number of rotatable bonds is 7. The lowest BCUT2D eigenvalue weighted by molar-refractivity contribution is -0.137. The number of benzene rings is 3. The van der Waals surface area contributed by atoms with Gasteiger partial charge in [0.2, 0.25) is 5.89 Å². The number of halogens is 6. The summed E-state index contributed by atoms with van der Waals surface area (Å²) in [6, 6.07) is 15.9. The van der Waals surface area contributed by atoms with E-state index in [0.717, 1.165) is 55.1 Å². The molecule has 5 rings (SSSR count). The van der Waals surface area contributed by atoms with Crippen molar-refractivity contribution in [3.63, 3.8) is 0 Å². The summed E-state index contributed by atoms with van der Waals surface area (Å²) in [6.45, 7) is 4.65. The average Bonchev–Trinajstić information content (AvgIpc) is 3.31. The number of carbonyl (C=O) groups excluding carboxylic acids is 1. The van der Waals surface area contributed by atoms with Crippen LogP contribution in [0, 0.1) is 0 Å². The van der Waals surface area contributed by atoms with E-state index in [1.54, 1.807) is 18.2 Å². The average molecular weight is 660 g/mol. The van der Waals surface area contributed by atoms with E-state index in [1.165, 1.54) is 24.3 Å². The molecule has 14 heteroatoms. The normalized spacial score (nSPS) is 14.1. The molecule has 0 saturated carbocycles. The number of hydrogen-bond donors (Lipinski definition) is 0. The third-order valence-electron chi connectivity index (χ3n) is 6.80. The Morgan fingerprint density at radius 1 is 0.953 bits per heavy atom. The maximum absolute atomic E-state index is 12.9. The second kappa shape index (κ2) is 14.4. The van der Waals surface area contributed by atoms with E-state index in [0.29, 0.717) is 16.1 Å². The first-order valence-corrected chi connectivity index (χ1v) is 13.2. The molecule has 2 heterocycles. The number of esters is 1. The summed E-state index contributed by atoms with van der Waals surface area (Å²) in [5, 5.41) is 4.44. The molecule has 3 aromatic carbocycles. The topological polar surface area (TPSA) is 80.8 Å². The van der Waals surface area contributed by atoms with Gasteiger partial charge in [0.1, 0.15) is 5.75 Å².